The first kappa shape index (κ1) is 11.2. The zero-order chi connectivity index (χ0) is 11.9. The third-order valence-corrected chi connectivity index (χ3v) is 4.89. The van der Waals surface area contributed by atoms with Crippen LogP contribution in [0.15, 0.2) is 11.4 Å². The van der Waals surface area contributed by atoms with Crippen molar-refractivity contribution in [3.8, 4) is 0 Å². The molecule has 92 valence electrons. The number of fused-ring (bicyclic) bond motifs is 1. The van der Waals surface area contributed by atoms with E-state index in [-0.39, 0.29) is 12.0 Å². The third-order valence-electron chi connectivity index (χ3n) is 3.87. The molecule has 2 N–H and O–H groups in total. The second kappa shape index (κ2) is 4.08. The Labute approximate surface area is 104 Å². The smallest absolute Gasteiger partial charge is 0.305 e. The van der Waals surface area contributed by atoms with Gasteiger partial charge in [0.2, 0.25) is 0 Å². The molecule has 0 spiro atoms. The maximum atomic E-state index is 11.0. The van der Waals surface area contributed by atoms with Crippen molar-refractivity contribution in [2.24, 2.45) is 0 Å². The molecule has 0 saturated carbocycles. The molecule has 1 fully saturated rings. The van der Waals surface area contributed by atoms with Crippen molar-refractivity contribution in [2.45, 2.75) is 24.9 Å². The highest BCUT2D eigenvalue weighted by Crippen LogP contribution is 2.32. The Hall–Kier alpha value is -0.910. The van der Waals surface area contributed by atoms with Gasteiger partial charge in [-0.05, 0) is 23.4 Å². The summed E-state index contributed by atoms with van der Waals surface area (Å²) in [4.78, 5) is 14.8. The molecule has 1 aromatic heterocycles. The van der Waals surface area contributed by atoms with Crippen LogP contribution >= 0.6 is 11.3 Å². The fourth-order valence-electron chi connectivity index (χ4n) is 2.81. The quantitative estimate of drug-likeness (QED) is 0.840. The van der Waals surface area contributed by atoms with Crippen LogP contribution in [0.1, 0.15) is 16.9 Å². The first-order valence-electron chi connectivity index (χ1n) is 5.92. The van der Waals surface area contributed by atoms with Gasteiger partial charge in [0.05, 0.1) is 12.0 Å². The van der Waals surface area contributed by atoms with Crippen molar-refractivity contribution in [3.05, 3.63) is 21.9 Å². The second-order valence-corrected chi connectivity index (χ2v) is 5.94. The number of aliphatic carboxylic acids is 1. The number of hydrogen-bond donors (Lipinski definition) is 2. The molecule has 0 radical (unpaired) electrons. The number of nitrogens with one attached hydrogen (secondary N) is 1. The van der Waals surface area contributed by atoms with Gasteiger partial charge in [-0.2, -0.15) is 0 Å². The molecule has 3 heterocycles. The number of hydrogen-bond acceptors (Lipinski definition) is 4. The summed E-state index contributed by atoms with van der Waals surface area (Å²) in [5, 5.41) is 14.4. The molecular formula is C12H16N2O2S. The molecule has 2 aliphatic rings. The average Bonchev–Trinajstić information content (AvgIpc) is 2.69. The normalized spacial score (nSPS) is 22.8. The summed E-state index contributed by atoms with van der Waals surface area (Å²) in [6, 6.07) is 2.17. The van der Waals surface area contributed by atoms with Gasteiger partial charge in [0.1, 0.15) is 0 Å². The van der Waals surface area contributed by atoms with Crippen molar-refractivity contribution in [3.63, 3.8) is 0 Å². The van der Waals surface area contributed by atoms with E-state index < -0.39 is 5.97 Å². The van der Waals surface area contributed by atoms with Crippen LogP contribution in [0, 0.1) is 0 Å². The minimum atomic E-state index is -0.692. The Balaban J connectivity index is 1.78. The minimum absolute atomic E-state index is 0.147. The Morgan fingerprint density at radius 2 is 2.41 bits per heavy atom. The summed E-state index contributed by atoms with van der Waals surface area (Å²) >= 11 is 1.82. The van der Waals surface area contributed by atoms with Gasteiger partial charge in [-0.25, -0.2) is 0 Å². The second-order valence-electron chi connectivity index (χ2n) is 4.94. The molecule has 4 nitrogen and oxygen atoms in total. The van der Waals surface area contributed by atoms with Gasteiger partial charge in [-0.3, -0.25) is 9.69 Å². The largest absolute Gasteiger partial charge is 0.481 e. The highest BCUT2D eigenvalue weighted by Gasteiger charge is 2.45. The molecule has 1 saturated heterocycles. The van der Waals surface area contributed by atoms with E-state index in [0.717, 1.165) is 32.6 Å². The van der Waals surface area contributed by atoms with Gasteiger partial charge < -0.3 is 10.4 Å². The first-order chi connectivity index (χ1) is 8.20. The molecule has 17 heavy (non-hydrogen) atoms. The maximum absolute atomic E-state index is 11.0. The van der Waals surface area contributed by atoms with E-state index >= 15 is 0 Å². The summed E-state index contributed by atoms with van der Waals surface area (Å²) in [7, 11) is 0. The van der Waals surface area contributed by atoms with E-state index in [2.05, 4.69) is 21.7 Å². The summed E-state index contributed by atoms with van der Waals surface area (Å²) in [6.07, 6.45) is 1.31. The van der Waals surface area contributed by atoms with Gasteiger partial charge >= 0.3 is 5.97 Å². The zero-order valence-corrected chi connectivity index (χ0v) is 10.4. The Bertz CT molecular complexity index is 439. The Kier molecular flexibility index (Phi) is 2.69. The lowest BCUT2D eigenvalue weighted by Gasteiger charge is -2.51. The summed E-state index contributed by atoms with van der Waals surface area (Å²) < 4.78 is 0. The lowest BCUT2D eigenvalue weighted by Crippen LogP contribution is -2.70. The van der Waals surface area contributed by atoms with Crippen LogP contribution in [-0.2, 0) is 17.8 Å². The van der Waals surface area contributed by atoms with E-state index in [4.69, 9.17) is 5.11 Å². The lowest BCUT2D eigenvalue weighted by molar-refractivity contribution is -0.142. The van der Waals surface area contributed by atoms with Gasteiger partial charge in [-0.1, -0.05) is 0 Å². The fourth-order valence-corrected chi connectivity index (χ4v) is 3.70. The van der Waals surface area contributed by atoms with Crippen LogP contribution in [0.3, 0.4) is 0 Å². The molecule has 0 aromatic carbocycles. The summed E-state index contributed by atoms with van der Waals surface area (Å²) in [5.41, 5.74) is 1.24. The number of carbonyl (C=O) groups is 1. The average molecular weight is 252 g/mol. The molecule has 0 bridgehead atoms. The van der Waals surface area contributed by atoms with Crippen molar-refractivity contribution in [2.75, 3.05) is 19.6 Å². The van der Waals surface area contributed by atoms with Gasteiger partial charge in [-0.15, -0.1) is 11.3 Å². The molecule has 3 rings (SSSR count). The number of rotatable bonds is 3. The molecule has 0 atom stereocenters. The van der Waals surface area contributed by atoms with Crippen LogP contribution in [0.4, 0.5) is 0 Å². The number of nitrogens with zero attached hydrogens (tertiary/aromatic N) is 1. The van der Waals surface area contributed by atoms with Gasteiger partial charge in [0, 0.05) is 31.1 Å². The van der Waals surface area contributed by atoms with E-state index in [9.17, 15) is 4.79 Å². The Morgan fingerprint density at radius 3 is 3.06 bits per heavy atom. The first-order valence-corrected chi connectivity index (χ1v) is 6.80. The zero-order valence-electron chi connectivity index (χ0n) is 9.61. The molecule has 0 unspecified atom stereocenters. The van der Waals surface area contributed by atoms with E-state index in [1.165, 1.54) is 10.4 Å². The van der Waals surface area contributed by atoms with Gasteiger partial charge in [0.15, 0.2) is 0 Å². The molecular weight excluding hydrogens is 236 g/mol. The van der Waals surface area contributed by atoms with Crippen molar-refractivity contribution in [1.29, 1.82) is 0 Å². The third kappa shape index (κ3) is 1.88. The van der Waals surface area contributed by atoms with Crippen LogP contribution in [0.5, 0.6) is 0 Å². The Morgan fingerprint density at radius 1 is 1.59 bits per heavy atom. The van der Waals surface area contributed by atoms with E-state index in [1.807, 2.05) is 11.3 Å². The predicted molar refractivity (Wildman–Crippen MR) is 66.3 cm³/mol. The van der Waals surface area contributed by atoms with Crippen LogP contribution in [0.2, 0.25) is 0 Å². The number of carboxylic acids is 1. The van der Waals surface area contributed by atoms with Crippen LogP contribution in [-0.4, -0.2) is 41.1 Å². The standard InChI is InChI=1S/C12H16N2O2S/c15-11(16)5-12(7-13-8-12)14-3-1-10-9(6-14)2-4-17-10/h2,4,13H,1,3,5-8H2,(H,15,16). The molecule has 0 amide bonds. The van der Waals surface area contributed by atoms with Crippen molar-refractivity contribution < 1.29 is 9.90 Å². The van der Waals surface area contributed by atoms with E-state index in [1.54, 1.807) is 0 Å². The van der Waals surface area contributed by atoms with Crippen LogP contribution in [0.25, 0.3) is 0 Å². The highest BCUT2D eigenvalue weighted by molar-refractivity contribution is 7.10. The molecule has 0 aliphatic carbocycles. The predicted octanol–water partition coefficient (Wildman–Crippen LogP) is 0.923. The van der Waals surface area contributed by atoms with Crippen molar-refractivity contribution in [1.82, 2.24) is 10.2 Å². The minimum Gasteiger partial charge on any atom is -0.481 e. The lowest BCUT2D eigenvalue weighted by atomic mass is 9.85. The topological polar surface area (TPSA) is 52.6 Å². The van der Waals surface area contributed by atoms with Crippen LogP contribution < -0.4 is 5.32 Å². The molecule has 5 heteroatoms. The summed E-state index contributed by atoms with van der Waals surface area (Å²) in [5.74, 6) is -0.692. The summed E-state index contributed by atoms with van der Waals surface area (Å²) in [6.45, 7) is 3.51. The SMILES string of the molecule is O=C(O)CC1(N2CCc3sccc3C2)CNC1. The monoisotopic (exact) mass is 252 g/mol. The number of thiophene rings is 1. The maximum Gasteiger partial charge on any atom is 0.305 e. The van der Waals surface area contributed by atoms with Crippen molar-refractivity contribution >= 4 is 17.3 Å². The highest BCUT2D eigenvalue weighted by atomic mass is 32.1. The molecule has 2 aliphatic heterocycles. The van der Waals surface area contributed by atoms with E-state index in [0.29, 0.717) is 0 Å². The van der Waals surface area contributed by atoms with Gasteiger partial charge in [0.25, 0.3) is 0 Å². The molecule has 1 aromatic rings. The fraction of sp³-hybridized carbons (Fsp3) is 0.583. The number of carboxylic acid groups (broad SMARTS) is 1.